The molecular weight excluding hydrogens is 405 g/mol. The molecule has 0 saturated carbocycles. The van der Waals surface area contributed by atoms with Crippen molar-refractivity contribution in [2.24, 2.45) is 0 Å². The van der Waals surface area contributed by atoms with Crippen LogP contribution in [0.5, 0.6) is 0 Å². The van der Waals surface area contributed by atoms with Crippen LogP contribution in [0.15, 0.2) is 0 Å². The van der Waals surface area contributed by atoms with E-state index in [0.717, 1.165) is 0 Å². The number of carbonyl (C=O) groups excluding carboxylic acids is 3. The minimum absolute atomic E-state index is 0. The van der Waals surface area contributed by atoms with Gasteiger partial charge < -0.3 is 60.3 Å². The Morgan fingerprint density at radius 3 is 1.15 bits per heavy atom. The first-order chi connectivity index (χ1) is 10.9. The summed E-state index contributed by atoms with van der Waals surface area (Å²) in [5.41, 5.74) is -2.97. The number of carbonyl (C=O) groups is 3. The second-order valence-electron chi connectivity index (χ2n) is 4.47. The van der Waals surface area contributed by atoms with E-state index in [-0.39, 0.29) is 108 Å². The number of carboxylic acid groups (broad SMARTS) is 3. The zero-order valence-corrected chi connectivity index (χ0v) is 21.8. The van der Waals surface area contributed by atoms with Crippen molar-refractivity contribution < 1.29 is 149 Å². The number of hydrogen-bond acceptors (Lipinski definition) is 12. The Morgan fingerprint density at radius 2 is 1.07 bits per heavy atom. The minimum Gasteiger partial charge on any atom is -0.550 e. The smallest absolute Gasteiger partial charge is 0.550 e. The van der Waals surface area contributed by atoms with Gasteiger partial charge >= 0.3 is 88.7 Å². The standard InChI is InChI=1S/C6H8O7.C3H8O3.C3H8O2.3Na/c7-3(8)1-6(13,5(11)12)2-4(9)10;4-1-3(6)2-5;1-3(5)2-4;;;/h13H,1-2H2,(H,7,8)(H,9,10)(H,11,12);3-6H,1-2H2;3-5H,2H2,1H3;;;/q;;;3*+1/p-3. The molecule has 15 heteroatoms. The summed E-state index contributed by atoms with van der Waals surface area (Å²) in [6, 6.07) is 0. The number of aliphatic hydroxyl groups is 6. The summed E-state index contributed by atoms with van der Waals surface area (Å²) >= 11 is 0. The largest absolute Gasteiger partial charge is 1.00 e. The van der Waals surface area contributed by atoms with Crippen molar-refractivity contribution in [3.8, 4) is 0 Å². The molecule has 0 aliphatic heterocycles. The van der Waals surface area contributed by atoms with E-state index in [2.05, 4.69) is 0 Å². The van der Waals surface area contributed by atoms with E-state index in [1.165, 1.54) is 6.92 Å². The molecule has 1 atom stereocenters. The Bertz CT molecular complexity index is 361. The average molecular weight is 426 g/mol. The Morgan fingerprint density at radius 1 is 0.815 bits per heavy atom. The molecule has 0 amide bonds. The third-order valence-corrected chi connectivity index (χ3v) is 1.94. The van der Waals surface area contributed by atoms with Crippen molar-refractivity contribution in [2.75, 3.05) is 19.8 Å². The molecule has 0 heterocycles. The molecule has 0 spiro atoms. The zero-order chi connectivity index (χ0) is 19.9. The van der Waals surface area contributed by atoms with E-state index in [1.807, 2.05) is 0 Å². The van der Waals surface area contributed by atoms with Crippen LogP contribution in [0.4, 0.5) is 0 Å². The van der Waals surface area contributed by atoms with Gasteiger partial charge in [-0.1, -0.05) is 0 Å². The normalized spacial score (nSPS) is 10.2. The molecule has 0 aliphatic carbocycles. The Kier molecular flexibility index (Phi) is 39.5. The van der Waals surface area contributed by atoms with Gasteiger partial charge in [0.05, 0.1) is 31.9 Å². The molecule has 0 bridgehead atoms. The maximum Gasteiger partial charge on any atom is 1.00 e. The summed E-state index contributed by atoms with van der Waals surface area (Å²) < 4.78 is 0. The van der Waals surface area contributed by atoms with Crippen molar-refractivity contribution in [2.45, 2.75) is 37.6 Å². The molecule has 0 saturated heterocycles. The fraction of sp³-hybridized carbons (Fsp3) is 0.750. The molecule has 0 aromatic rings. The van der Waals surface area contributed by atoms with Crippen LogP contribution < -0.4 is 104 Å². The Balaban J connectivity index is -0.0000000670. The van der Waals surface area contributed by atoms with E-state index in [9.17, 15) is 29.7 Å². The third kappa shape index (κ3) is 32.1. The van der Waals surface area contributed by atoms with Gasteiger partial charge in [-0.15, -0.1) is 0 Å². The number of hydrogen-bond donors (Lipinski definition) is 6. The summed E-state index contributed by atoms with van der Waals surface area (Å²) in [6.07, 6.45) is -4.23. The van der Waals surface area contributed by atoms with Crippen LogP contribution in [0.25, 0.3) is 0 Å². The van der Waals surface area contributed by atoms with Gasteiger partial charge in [-0.25, -0.2) is 0 Å². The zero-order valence-electron chi connectivity index (χ0n) is 15.8. The van der Waals surface area contributed by atoms with Crippen LogP contribution in [-0.2, 0) is 14.4 Å². The van der Waals surface area contributed by atoms with Crippen molar-refractivity contribution in [1.82, 2.24) is 0 Å². The average Bonchev–Trinajstić information content (AvgIpc) is 2.45. The molecule has 0 aromatic heterocycles. The summed E-state index contributed by atoms with van der Waals surface area (Å²) in [4.78, 5) is 30.0. The van der Waals surface area contributed by atoms with Gasteiger partial charge in [0.1, 0.15) is 11.7 Å². The fourth-order valence-corrected chi connectivity index (χ4v) is 0.742. The van der Waals surface area contributed by atoms with Crippen molar-refractivity contribution in [3.63, 3.8) is 0 Å². The van der Waals surface area contributed by atoms with Gasteiger partial charge in [0, 0.05) is 24.8 Å². The first kappa shape index (κ1) is 42.3. The minimum atomic E-state index is -2.97. The number of aliphatic hydroxyl groups excluding tert-OH is 5. The summed E-state index contributed by atoms with van der Waals surface area (Å²) in [6.45, 7) is 0.660. The second kappa shape index (κ2) is 25.2. The topological polar surface area (TPSA) is 242 Å². The molecule has 0 rings (SSSR count). The van der Waals surface area contributed by atoms with Gasteiger partial charge in [0.25, 0.3) is 0 Å². The molecule has 144 valence electrons. The van der Waals surface area contributed by atoms with Crippen molar-refractivity contribution in [1.29, 1.82) is 0 Å². The van der Waals surface area contributed by atoms with Gasteiger partial charge in [0.15, 0.2) is 0 Å². The summed E-state index contributed by atoms with van der Waals surface area (Å²) in [5, 5.41) is 78.9. The Labute approximate surface area is 222 Å². The van der Waals surface area contributed by atoms with Gasteiger partial charge in [0.2, 0.25) is 0 Å². The monoisotopic (exact) mass is 426 g/mol. The van der Waals surface area contributed by atoms with E-state index in [4.69, 9.17) is 30.6 Å². The summed E-state index contributed by atoms with van der Waals surface area (Å²) in [7, 11) is 0. The summed E-state index contributed by atoms with van der Waals surface area (Å²) in [5.74, 6) is -5.98. The second-order valence-corrected chi connectivity index (χ2v) is 4.47. The van der Waals surface area contributed by atoms with E-state index < -0.39 is 48.6 Å². The molecular formula is C12H21Na3O12. The van der Waals surface area contributed by atoms with Gasteiger partial charge in [-0.2, -0.15) is 0 Å². The quantitative estimate of drug-likeness (QED) is 0.198. The number of aliphatic carboxylic acids is 3. The van der Waals surface area contributed by atoms with E-state index >= 15 is 0 Å². The molecule has 1 unspecified atom stereocenters. The maximum absolute atomic E-state index is 10.1. The predicted octanol–water partition coefficient (Wildman–Crippen LogP) is -16.5. The molecule has 0 aromatic carbocycles. The van der Waals surface area contributed by atoms with Gasteiger partial charge in [-0.3, -0.25) is 0 Å². The van der Waals surface area contributed by atoms with E-state index in [1.54, 1.807) is 0 Å². The maximum atomic E-state index is 10.1. The Hall–Kier alpha value is 1.17. The SMILES string of the molecule is CC(O)CO.O=C([O-])CC(O)(CC(=O)[O-])C(=O)[O-].OCC(O)CO.[Na+].[Na+].[Na+]. The van der Waals surface area contributed by atoms with Crippen molar-refractivity contribution in [3.05, 3.63) is 0 Å². The number of carboxylic acids is 3. The number of rotatable bonds is 8. The molecule has 27 heavy (non-hydrogen) atoms. The fourth-order valence-electron chi connectivity index (χ4n) is 0.742. The van der Waals surface area contributed by atoms with E-state index in [0.29, 0.717) is 0 Å². The molecule has 0 fully saturated rings. The third-order valence-electron chi connectivity index (χ3n) is 1.94. The van der Waals surface area contributed by atoms with Crippen LogP contribution in [-0.4, -0.2) is 86.2 Å². The van der Waals surface area contributed by atoms with Crippen LogP contribution in [0.1, 0.15) is 19.8 Å². The van der Waals surface area contributed by atoms with Gasteiger partial charge in [-0.05, 0) is 6.92 Å². The van der Waals surface area contributed by atoms with Crippen LogP contribution in [0.3, 0.4) is 0 Å². The first-order valence-electron chi connectivity index (χ1n) is 6.38. The molecule has 12 nitrogen and oxygen atoms in total. The van der Waals surface area contributed by atoms with Crippen LogP contribution >= 0.6 is 0 Å². The first-order valence-corrected chi connectivity index (χ1v) is 6.38. The molecule has 0 radical (unpaired) electrons. The predicted molar refractivity (Wildman–Crippen MR) is 68.1 cm³/mol. The molecule has 0 aliphatic rings. The van der Waals surface area contributed by atoms with Crippen LogP contribution in [0.2, 0.25) is 0 Å². The molecule has 6 N–H and O–H groups in total. The van der Waals surface area contributed by atoms with Crippen LogP contribution in [0, 0.1) is 0 Å². The van der Waals surface area contributed by atoms with Crippen molar-refractivity contribution >= 4 is 17.9 Å².